The predicted molar refractivity (Wildman–Crippen MR) is 185 cm³/mol. The maximum absolute atomic E-state index is 6.42. The number of hydrogen-bond acceptors (Lipinski definition) is 4. The van der Waals surface area contributed by atoms with Crippen LogP contribution in [0.1, 0.15) is 43.1 Å². The van der Waals surface area contributed by atoms with E-state index in [1.165, 1.54) is 18.4 Å². The van der Waals surface area contributed by atoms with E-state index in [1.54, 1.807) is 7.11 Å². The number of hydrogen-bond donors (Lipinski definition) is 0. The number of nitrogens with zero attached hydrogens (tertiary/aromatic N) is 4. The Morgan fingerprint density at radius 2 is 1.64 bits per heavy atom. The van der Waals surface area contributed by atoms with E-state index < -0.39 is 0 Å². The predicted octanol–water partition coefficient (Wildman–Crippen LogP) is 9.78. The van der Waals surface area contributed by atoms with Crippen LogP contribution in [0, 0.1) is 26.0 Å². The van der Waals surface area contributed by atoms with Gasteiger partial charge >= 0.3 is 21.1 Å². The van der Waals surface area contributed by atoms with Gasteiger partial charge in [-0.25, -0.2) is 4.98 Å². The summed E-state index contributed by atoms with van der Waals surface area (Å²) in [6, 6.07) is 37.7. The number of ether oxygens (including phenoxy) is 2. The van der Waals surface area contributed by atoms with Crippen LogP contribution >= 0.6 is 0 Å². The largest absolute Gasteiger partial charge is 2.00 e. The quantitative estimate of drug-likeness (QED) is 0.102. The Morgan fingerprint density at radius 1 is 0.809 bits per heavy atom. The molecule has 0 fully saturated rings. The molecule has 7 heteroatoms. The summed E-state index contributed by atoms with van der Waals surface area (Å²) in [5.41, 5.74) is 8.31. The van der Waals surface area contributed by atoms with Gasteiger partial charge in [-0.3, -0.25) is 4.68 Å². The van der Waals surface area contributed by atoms with Crippen LogP contribution in [0.25, 0.3) is 44.4 Å². The minimum Gasteiger partial charge on any atom is -0.509 e. The van der Waals surface area contributed by atoms with Gasteiger partial charge in [-0.05, 0) is 79.2 Å². The molecule has 238 valence electrons. The van der Waals surface area contributed by atoms with Gasteiger partial charge in [0.05, 0.1) is 12.8 Å². The molecule has 0 unspecified atom stereocenters. The second-order valence-electron chi connectivity index (χ2n) is 11.6. The molecular weight excluding hydrogens is 764 g/mol. The van der Waals surface area contributed by atoms with Gasteiger partial charge in [0.1, 0.15) is 11.6 Å². The van der Waals surface area contributed by atoms with Gasteiger partial charge in [-0.1, -0.05) is 55.6 Å². The molecule has 3 aromatic heterocycles. The Hall–Kier alpha value is -4.67. The van der Waals surface area contributed by atoms with E-state index in [2.05, 4.69) is 85.1 Å². The van der Waals surface area contributed by atoms with Gasteiger partial charge in [0.15, 0.2) is 0 Å². The average molecular weight is 800 g/mol. The molecule has 3 heterocycles. The molecule has 6 nitrogen and oxygen atoms in total. The van der Waals surface area contributed by atoms with Crippen molar-refractivity contribution in [3.63, 3.8) is 0 Å². The van der Waals surface area contributed by atoms with E-state index >= 15 is 0 Å². The molecule has 0 aliphatic heterocycles. The second kappa shape index (κ2) is 14.0. The topological polar surface area (TPSA) is 54.1 Å². The fraction of sp³-hybridized carbons (Fsp3) is 0.200. The van der Waals surface area contributed by atoms with Crippen molar-refractivity contribution in [3.8, 4) is 39.9 Å². The molecule has 0 atom stereocenters. The van der Waals surface area contributed by atoms with E-state index in [1.807, 2.05) is 54.2 Å². The summed E-state index contributed by atoms with van der Waals surface area (Å²) < 4.78 is 16.1. The van der Waals surface area contributed by atoms with Crippen molar-refractivity contribution in [2.45, 2.75) is 46.5 Å². The molecule has 7 aromatic rings. The number of aromatic nitrogens is 4. The Morgan fingerprint density at radius 3 is 2.45 bits per heavy atom. The minimum absolute atomic E-state index is 0. The van der Waals surface area contributed by atoms with Crippen molar-refractivity contribution in [2.24, 2.45) is 0 Å². The van der Waals surface area contributed by atoms with Crippen LogP contribution in [-0.4, -0.2) is 26.4 Å². The zero-order valence-electron chi connectivity index (χ0n) is 27.0. The normalized spacial score (nSPS) is 11.1. The zero-order valence-corrected chi connectivity index (χ0v) is 29.3. The van der Waals surface area contributed by atoms with Crippen LogP contribution in [0.5, 0.6) is 17.2 Å². The maximum atomic E-state index is 6.42. The van der Waals surface area contributed by atoms with E-state index in [4.69, 9.17) is 19.6 Å². The summed E-state index contributed by atoms with van der Waals surface area (Å²) in [7, 11) is 1.69. The molecule has 4 aromatic carbocycles. The Bertz CT molecular complexity index is 2170. The van der Waals surface area contributed by atoms with Gasteiger partial charge in [-0.2, -0.15) is 17.2 Å². The van der Waals surface area contributed by atoms with Crippen LogP contribution in [0.2, 0.25) is 0 Å². The molecule has 0 aliphatic carbocycles. The summed E-state index contributed by atoms with van der Waals surface area (Å²) in [6.07, 6.45) is 6.50. The molecule has 0 spiro atoms. The first-order valence-electron chi connectivity index (χ1n) is 15.9. The van der Waals surface area contributed by atoms with Crippen LogP contribution < -0.4 is 9.47 Å². The summed E-state index contributed by atoms with van der Waals surface area (Å²) in [6.45, 7) is 6.36. The Balaban J connectivity index is 0.00000386. The maximum Gasteiger partial charge on any atom is 2.00 e. The minimum atomic E-state index is 0. The SMILES string of the molecule is CCCCCc1ccnc(-n2c3[c-]c(Oc4[c-]c(-n5nc(C)c(-c6ccccc6)c5C)ccc4)ccc3c3cc(OC)ccc32)c1.[Pt+2]. The molecule has 0 saturated heterocycles. The third kappa shape index (κ3) is 6.35. The Labute approximate surface area is 290 Å². The molecule has 47 heavy (non-hydrogen) atoms. The first-order valence-corrected chi connectivity index (χ1v) is 15.9. The number of fused-ring (bicyclic) bond motifs is 3. The third-order valence-corrected chi connectivity index (χ3v) is 8.52. The number of unbranched alkanes of at least 4 members (excludes halogenated alkanes) is 2. The summed E-state index contributed by atoms with van der Waals surface area (Å²) >= 11 is 0. The molecule has 7 rings (SSSR count). The standard InChI is InChI=1S/C40H36N4O2.Pt/c1-5-6-8-12-29-21-22-41-39(23-29)43-37-20-18-32(45-4)25-36(37)35-19-17-34(26-38(35)43)46-33-16-11-15-31(24-33)44-28(3)40(27(2)42-44)30-13-9-7-10-14-30;/h7,9-11,13-23,25H,5-6,8,12H2,1-4H3;/q-2;+2. The number of benzene rings is 4. The monoisotopic (exact) mass is 799 g/mol. The smallest absolute Gasteiger partial charge is 0.509 e. The molecule has 0 saturated carbocycles. The van der Waals surface area contributed by atoms with Gasteiger partial charge in [-0.15, -0.1) is 35.7 Å². The fourth-order valence-corrected chi connectivity index (χ4v) is 6.28. The molecule has 0 radical (unpaired) electrons. The van der Waals surface area contributed by atoms with Gasteiger partial charge in [0, 0.05) is 34.5 Å². The van der Waals surface area contributed by atoms with Crippen molar-refractivity contribution in [1.29, 1.82) is 0 Å². The van der Waals surface area contributed by atoms with Crippen LogP contribution in [0.4, 0.5) is 0 Å². The van der Waals surface area contributed by atoms with Crippen molar-refractivity contribution in [2.75, 3.05) is 7.11 Å². The second-order valence-corrected chi connectivity index (χ2v) is 11.6. The number of aryl methyl sites for hydroxylation is 2. The molecule has 0 bridgehead atoms. The van der Waals surface area contributed by atoms with Crippen LogP contribution in [-0.2, 0) is 27.5 Å². The summed E-state index contributed by atoms with van der Waals surface area (Å²) in [5, 5.41) is 6.98. The van der Waals surface area contributed by atoms with Crippen LogP contribution in [0.3, 0.4) is 0 Å². The Kier molecular flexibility index (Phi) is 9.60. The first-order chi connectivity index (χ1) is 22.5. The van der Waals surface area contributed by atoms with Gasteiger partial charge in [0.25, 0.3) is 0 Å². The van der Waals surface area contributed by atoms with Gasteiger partial charge < -0.3 is 14.0 Å². The number of pyridine rings is 1. The molecule has 0 aliphatic rings. The van der Waals surface area contributed by atoms with Gasteiger partial charge in [0.2, 0.25) is 0 Å². The molecular formula is C40H36N4O2Pt. The van der Waals surface area contributed by atoms with Crippen molar-refractivity contribution in [1.82, 2.24) is 19.3 Å². The molecule has 0 N–H and O–H groups in total. The fourth-order valence-electron chi connectivity index (χ4n) is 6.28. The molecule has 0 amide bonds. The van der Waals surface area contributed by atoms with E-state index in [0.717, 1.165) is 74.4 Å². The zero-order chi connectivity index (χ0) is 31.6. The summed E-state index contributed by atoms with van der Waals surface area (Å²) in [5.74, 6) is 2.84. The van der Waals surface area contributed by atoms with E-state index in [-0.39, 0.29) is 21.1 Å². The van der Waals surface area contributed by atoms with Crippen molar-refractivity contribution < 1.29 is 30.5 Å². The van der Waals surface area contributed by atoms with Crippen molar-refractivity contribution in [3.05, 3.63) is 126 Å². The van der Waals surface area contributed by atoms with Crippen molar-refractivity contribution >= 4 is 21.8 Å². The third-order valence-electron chi connectivity index (χ3n) is 8.52. The average Bonchev–Trinajstić information content (AvgIpc) is 3.57. The number of rotatable bonds is 10. The number of methoxy groups -OCH3 is 1. The van der Waals surface area contributed by atoms with Crippen LogP contribution in [0.15, 0.2) is 97.2 Å². The van der Waals surface area contributed by atoms with E-state index in [0.29, 0.717) is 11.5 Å². The first kappa shape index (κ1) is 32.3. The van der Waals surface area contributed by atoms with E-state index in [9.17, 15) is 0 Å². The summed E-state index contributed by atoms with van der Waals surface area (Å²) in [4.78, 5) is 4.81.